The molecule has 0 spiro atoms. The summed E-state index contributed by atoms with van der Waals surface area (Å²) in [6, 6.07) is 3.89. The lowest BCUT2D eigenvalue weighted by molar-refractivity contribution is -0.143. The molecule has 1 N–H and O–H groups in total. The fourth-order valence-corrected chi connectivity index (χ4v) is 3.81. The molecular weight excluding hydrogens is 360 g/mol. The van der Waals surface area contributed by atoms with E-state index in [0.717, 1.165) is 29.5 Å². The summed E-state index contributed by atoms with van der Waals surface area (Å²) in [6.45, 7) is 6.59. The maximum absolute atomic E-state index is 11.9. The van der Waals surface area contributed by atoms with Crippen LogP contribution in [0.15, 0.2) is 12.1 Å². The van der Waals surface area contributed by atoms with Crippen molar-refractivity contribution in [3.63, 3.8) is 0 Å². The van der Waals surface area contributed by atoms with Gasteiger partial charge >= 0.3 is 5.97 Å². The fraction of sp³-hybridized carbons (Fsp3) is 0.731. The maximum Gasteiger partial charge on any atom is 0.306 e. The van der Waals surface area contributed by atoms with Gasteiger partial charge in [0, 0.05) is 6.42 Å². The summed E-state index contributed by atoms with van der Waals surface area (Å²) in [5.74, 6) is 0.228. The standard InChI is InChI=1S/C26H44O3/c1-4-5-6-7-8-9-10-11-12-13-14-15-16-19-29-25(27)18-17-24-20-22(2)26(28)23(3)21-24/h20-21,28H,4-19H2,1-3H3. The van der Waals surface area contributed by atoms with Gasteiger partial charge in [-0.3, -0.25) is 4.79 Å². The monoisotopic (exact) mass is 404 g/mol. The van der Waals surface area contributed by atoms with Gasteiger partial charge in [0.1, 0.15) is 5.75 Å². The molecule has 0 radical (unpaired) electrons. The van der Waals surface area contributed by atoms with Crippen molar-refractivity contribution < 1.29 is 14.6 Å². The summed E-state index contributed by atoms with van der Waals surface area (Å²) in [6.07, 6.45) is 18.2. The smallest absolute Gasteiger partial charge is 0.306 e. The lowest BCUT2D eigenvalue weighted by atomic mass is 10.0. The number of ether oxygens (including phenoxy) is 1. The molecule has 0 fully saturated rings. The molecule has 3 heteroatoms. The van der Waals surface area contributed by atoms with Crippen molar-refractivity contribution in [2.24, 2.45) is 0 Å². The first kappa shape index (κ1) is 25.5. The minimum absolute atomic E-state index is 0.118. The third-order valence-corrected chi connectivity index (χ3v) is 5.68. The van der Waals surface area contributed by atoms with Gasteiger partial charge < -0.3 is 9.84 Å². The number of benzene rings is 1. The van der Waals surface area contributed by atoms with Crippen LogP contribution < -0.4 is 0 Å². The van der Waals surface area contributed by atoms with E-state index in [-0.39, 0.29) is 5.97 Å². The fourth-order valence-electron chi connectivity index (χ4n) is 3.81. The van der Waals surface area contributed by atoms with E-state index >= 15 is 0 Å². The Morgan fingerprint density at radius 1 is 0.793 bits per heavy atom. The van der Waals surface area contributed by atoms with Crippen molar-refractivity contribution in [1.29, 1.82) is 0 Å². The van der Waals surface area contributed by atoms with Crippen molar-refractivity contribution in [3.05, 3.63) is 28.8 Å². The number of hydrogen-bond donors (Lipinski definition) is 1. The van der Waals surface area contributed by atoms with E-state index < -0.39 is 0 Å². The Balaban J connectivity index is 1.92. The SMILES string of the molecule is CCCCCCCCCCCCCCCOC(=O)CCc1cc(C)c(O)c(C)c1. The summed E-state index contributed by atoms with van der Waals surface area (Å²) >= 11 is 0. The molecule has 0 atom stereocenters. The molecule has 0 saturated heterocycles. The molecule has 0 aromatic heterocycles. The Hall–Kier alpha value is -1.51. The summed E-state index contributed by atoms with van der Waals surface area (Å²) < 4.78 is 5.36. The largest absolute Gasteiger partial charge is 0.507 e. The van der Waals surface area contributed by atoms with Crippen LogP contribution in [0.5, 0.6) is 5.75 Å². The molecule has 0 aliphatic rings. The lowest BCUT2D eigenvalue weighted by Crippen LogP contribution is -2.07. The highest BCUT2D eigenvalue weighted by Crippen LogP contribution is 2.23. The molecule has 166 valence electrons. The molecule has 0 bridgehead atoms. The number of phenolic OH excluding ortho intramolecular Hbond substituents is 1. The zero-order valence-electron chi connectivity index (χ0n) is 19.2. The highest BCUT2D eigenvalue weighted by Gasteiger charge is 2.07. The number of esters is 1. The number of unbranched alkanes of at least 4 members (excludes halogenated alkanes) is 12. The second-order valence-electron chi connectivity index (χ2n) is 8.54. The average Bonchev–Trinajstić information content (AvgIpc) is 2.70. The predicted octanol–water partition coefficient (Wildman–Crippen LogP) is 7.58. The predicted molar refractivity (Wildman–Crippen MR) is 123 cm³/mol. The van der Waals surface area contributed by atoms with Gasteiger partial charge in [0.05, 0.1) is 6.61 Å². The van der Waals surface area contributed by atoms with Gasteiger partial charge in [-0.2, -0.15) is 0 Å². The minimum atomic E-state index is -0.118. The van der Waals surface area contributed by atoms with Crippen molar-refractivity contribution in [3.8, 4) is 5.75 Å². The Morgan fingerprint density at radius 2 is 1.24 bits per heavy atom. The van der Waals surface area contributed by atoms with Crippen LogP contribution in [0.4, 0.5) is 0 Å². The summed E-state index contributed by atoms with van der Waals surface area (Å²) in [7, 11) is 0. The van der Waals surface area contributed by atoms with E-state index in [1.807, 2.05) is 26.0 Å². The van der Waals surface area contributed by atoms with Crippen LogP contribution in [0.1, 0.15) is 114 Å². The first-order valence-electron chi connectivity index (χ1n) is 12.0. The van der Waals surface area contributed by atoms with Gasteiger partial charge in [-0.05, 0) is 43.4 Å². The average molecular weight is 405 g/mol. The number of aryl methyl sites for hydroxylation is 3. The van der Waals surface area contributed by atoms with Crippen molar-refractivity contribution in [1.82, 2.24) is 0 Å². The Morgan fingerprint density at radius 3 is 1.72 bits per heavy atom. The van der Waals surface area contributed by atoms with Gasteiger partial charge in [0.2, 0.25) is 0 Å². The number of carbonyl (C=O) groups excluding carboxylic acids is 1. The number of hydrogen-bond acceptors (Lipinski definition) is 3. The molecule has 0 amide bonds. The first-order valence-corrected chi connectivity index (χ1v) is 12.0. The van der Waals surface area contributed by atoms with Crippen LogP contribution in [0, 0.1) is 13.8 Å². The van der Waals surface area contributed by atoms with E-state index in [1.54, 1.807) is 0 Å². The third-order valence-electron chi connectivity index (χ3n) is 5.68. The van der Waals surface area contributed by atoms with Crippen molar-refractivity contribution >= 4 is 5.97 Å². The minimum Gasteiger partial charge on any atom is -0.507 e. The van der Waals surface area contributed by atoms with Gasteiger partial charge in [-0.25, -0.2) is 0 Å². The summed E-state index contributed by atoms with van der Waals surface area (Å²) in [4.78, 5) is 11.9. The molecule has 0 aliphatic carbocycles. The van der Waals surface area contributed by atoms with Gasteiger partial charge in [0.25, 0.3) is 0 Å². The second-order valence-corrected chi connectivity index (χ2v) is 8.54. The number of carbonyl (C=O) groups is 1. The first-order chi connectivity index (χ1) is 14.0. The maximum atomic E-state index is 11.9. The van der Waals surface area contributed by atoms with E-state index in [1.165, 1.54) is 70.6 Å². The van der Waals surface area contributed by atoms with Crippen LogP contribution in [-0.4, -0.2) is 17.7 Å². The van der Waals surface area contributed by atoms with Crippen LogP contribution in [0.2, 0.25) is 0 Å². The molecule has 0 heterocycles. The molecule has 1 aromatic carbocycles. The van der Waals surface area contributed by atoms with E-state index in [2.05, 4.69) is 6.92 Å². The topological polar surface area (TPSA) is 46.5 Å². The molecular formula is C26H44O3. The number of aromatic hydroxyl groups is 1. The van der Waals surface area contributed by atoms with Crippen LogP contribution >= 0.6 is 0 Å². The Kier molecular flexibility index (Phi) is 14.4. The molecule has 0 saturated carbocycles. The molecule has 0 unspecified atom stereocenters. The molecule has 3 nitrogen and oxygen atoms in total. The number of phenols is 1. The highest BCUT2D eigenvalue weighted by atomic mass is 16.5. The van der Waals surface area contributed by atoms with E-state index in [0.29, 0.717) is 25.2 Å². The van der Waals surface area contributed by atoms with Crippen LogP contribution in [0.3, 0.4) is 0 Å². The highest BCUT2D eigenvalue weighted by molar-refractivity contribution is 5.69. The van der Waals surface area contributed by atoms with Crippen molar-refractivity contribution in [2.45, 2.75) is 117 Å². The zero-order chi connectivity index (χ0) is 21.3. The normalized spacial score (nSPS) is 11.0. The Bertz CT molecular complexity index is 542. The van der Waals surface area contributed by atoms with Gasteiger partial charge in [-0.1, -0.05) is 96.1 Å². The molecule has 29 heavy (non-hydrogen) atoms. The van der Waals surface area contributed by atoms with Crippen LogP contribution in [0.25, 0.3) is 0 Å². The zero-order valence-corrected chi connectivity index (χ0v) is 19.2. The van der Waals surface area contributed by atoms with E-state index in [4.69, 9.17) is 4.74 Å². The summed E-state index contributed by atoms with van der Waals surface area (Å²) in [5.41, 5.74) is 2.80. The molecule has 0 aliphatic heterocycles. The summed E-state index contributed by atoms with van der Waals surface area (Å²) in [5, 5.41) is 9.81. The number of rotatable bonds is 17. The van der Waals surface area contributed by atoms with Crippen LogP contribution in [-0.2, 0) is 16.0 Å². The molecule has 1 aromatic rings. The van der Waals surface area contributed by atoms with Gasteiger partial charge in [0.15, 0.2) is 0 Å². The van der Waals surface area contributed by atoms with Crippen molar-refractivity contribution in [2.75, 3.05) is 6.61 Å². The quantitative estimate of drug-likeness (QED) is 0.215. The second kappa shape index (κ2) is 16.3. The van der Waals surface area contributed by atoms with Gasteiger partial charge in [-0.15, -0.1) is 0 Å². The third kappa shape index (κ3) is 12.6. The lowest BCUT2D eigenvalue weighted by Gasteiger charge is -2.08. The van der Waals surface area contributed by atoms with E-state index in [9.17, 15) is 9.90 Å². The Labute approximate surface area is 179 Å². The molecule has 1 rings (SSSR count).